The Hall–Kier alpha value is -9.58. The summed E-state index contributed by atoms with van der Waals surface area (Å²) in [5.74, 6) is 2.24. The minimum absolute atomic E-state index is 0.0557. The number of rotatable bonds is 16. The van der Waals surface area contributed by atoms with Crippen LogP contribution in [-0.4, -0.2) is 70.3 Å². The number of aryl methyl sites for hydroxylation is 2. The molecule has 0 aliphatic carbocycles. The van der Waals surface area contributed by atoms with Gasteiger partial charge >= 0.3 is 0 Å². The highest BCUT2D eigenvalue weighted by atomic mass is 16.3. The average molecular weight is 955 g/mol. The van der Waals surface area contributed by atoms with Crippen LogP contribution in [0.5, 0.6) is 0 Å². The molecule has 2 atom stereocenters. The standard InChI is InChI=1S/2C27H23N7O2/c2*28-27-31-26-20(25-30-24(32-34(25)27)22-15-8-16-36-22)17-29-33(26)23(19-12-5-2-6-13-19)21(35)14-7-11-18-9-3-1-4-10-18/h2*1-6,8-10,12-13,15-17,23H,7,11,14H2,(H2,28,31)/t2*23-/m10/s1. The van der Waals surface area contributed by atoms with Crippen LogP contribution in [0.2, 0.25) is 0 Å². The Balaban J connectivity index is 0.000000156. The number of nitrogen functional groups attached to an aromatic ring is 2. The minimum Gasteiger partial charge on any atom is -0.461 e. The van der Waals surface area contributed by atoms with Gasteiger partial charge in [0.15, 0.2) is 45.7 Å². The molecule has 0 bridgehead atoms. The molecule has 12 rings (SSSR count). The van der Waals surface area contributed by atoms with Crippen molar-refractivity contribution >= 4 is 56.8 Å². The van der Waals surface area contributed by atoms with E-state index in [2.05, 4.69) is 64.6 Å². The lowest BCUT2D eigenvalue weighted by molar-refractivity contribution is -0.122. The molecule has 0 spiro atoms. The van der Waals surface area contributed by atoms with Crippen LogP contribution in [-0.2, 0) is 22.4 Å². The van der Waals surface area contributed by atoms with Gasteiger partial charge in [0.05, 0.1) is 35.7 Å². The highest BCUT2D eigenvalue weighted by Crippen LogP contribution is 2.31. The Kier molecular flexibility index (Phi) is 12.3. The lowest BCUT2D eigenvalue weighted by atomic mass is 9.98. The maximum absolute atomic E-state index is 13.6. The fourth-order valence-electron chi connectivity index (χ4n) is 8.95. The van der Waals surface area contributed by atoms with Crippen LogP contribution in [0.25, 0.3) is 56.5 Å². The van der Waals surface area contributed by atoms with Crippen LogP contribution < -0.4 is 11.5 Å². The number of nitrogens with zero attached hydrogens (tertiary/aromatic N) is 12. The summed E-state index contributed by atoms with van der Waals surface area (Å²) >= 11 is 0. The Morgan fingerprint density at radius 1 is 0.472 bits per heavy atom. The summed E-state index contributed by atoms with van der Waals surface area (Å²) in [6.07, 6.45) is 10.4. The Labute approximate surface area is 410 Å². The van der Waals surface area contributed by atoms with E-state index in [0.717, 1.165) is 36.8 Å². The van der Waals surface area contributed by atoms with Crippen LogP contribution in [0.3, 0.4) is 0 Å². The summed E-state index contributed by atoms with van der Waals surface area (Å²) in [7, 11) is 0. The van der Waals surface area contributed by atoms with Crippen molar-refractivity contribution in [1.82, 2.24) is 58.7 Å². The van der Waals surface area contributed by atoms with E-state index in [0.29, 0.717) is 69.4 Å². The number of Topliss-reactive ketones (excluding diaryl/α,β-unsaturated/α-hetero) is 2. The number of furan rings is 2. The quantitative estimate of drug-likeness (QED) is 0.0920. The second-order valence-corrected chi connectivity index (χ2v) is 17.1. The molecule has 8 heterocycles. The molecule has 18 nitrogen and oxygen atoms in total. The van der Waals surface area contributed by atoms with Gasteiger partial charge in [-0.05, 0) is 72.2 Å². The van der Waals surface area contributed by atoms with Crippen LogP contribution in [0, 0.1) is 0 Å². The highest BCUT2D eigenvalue weighted by molar-refractivity contribution is 5.94. The summed E-state index contributed by atoms with van der Waals surface area (Å²) in [5.41, 5.74) is 18.6. The zero-order valence-corrected chi connectivity index (χ0v) is 38.7. The van der Waals surface area contributed by atoms with Gasteiger partial charge in [-0.2, -0.15) is 29.2 Å². The zero-order chi connectivity index (χ0) is 49.0. The largest absolute Gasteiger partial charge is 0.461 e. The van der Waals surface area contributed by atoms with E-state index in [1.54, 1.807) is 58.5 Å². The van der Waals surface area contributed by atoms with Gasteiger partial charge in [0.1, 0.15) is 12.1 Å². The molecule has 0 aliphatic rings. The summed E-state index contributed by atoms with van der Waals surface area (Å²) in [5, 5.41) is 19.4. The van der Waals surface area contributed by atoms with Gasteiger partial charge in [-0.15, -0.1) is 10.2 Å². The van der Waals surface area contributed by atoms with E-state index in [9.17, 15) is 9.59 Å². The molecule has 0 aliphatic heterocycles. The van der Waals surface area contributed by atoms with Crippen LogP contribution >= 0.6 is 0 Å². The fourth-order valence-corrected chi connectivity index (χ4v) is 8.95. The second-order valence-electron chi connectivity index (χ2n) is 17.1. The molecule has 356 valence electrons. The van der Waals surface area contributed by atoms with Crippen molar-refractivity contribution in [2.24, 2.45) is 0 Å². The predicted molar refractivity (Wildman–Crippen MR) is 270 cm³/mol. The van der Waals surface area contributed by atoms with E-state index in [4.69, 9.17) is 20.3 Å². The average Bonchev–Trinajstić information content (AvgIpc) is 4.28. The molecular weight excluding hydrogens is 909 g/mol. The van der Waals surface area contributed by atoms with Gasteiger partial charge < -0.3 is 20.3 Å². The monoisotopic (exact) mass is 954 g/mol. The third-order valence-electron chi connectivity index (χ3n) is 12.4. The van der Waals surface area contributed by atoms with Gasteiger partial charge in [0, 0.05) is 12.8 Å². The van der Waals surface area contributed by atoms with Crippen molar-refractivity contribution in [2.75, 3.05) is 11.5 Å². The number of aromatic nitrogens is 12. The fraction of sp³-hybridized carbons (Fsp3) is 0.148. The van der Waals surface area contributed by atoms with E-state index >= 15 is 0 Å². The topological polar surface area (TPSA) is 234 Å². The number of ketones is 2. The Bertz CT molecular complexity index is 3530. The SMILES string of the molecule is Nc1nc2c(cnn2[C@@H](C(=O)CCCc2ccccc2)c2ccccc2)c2nc(-c3ccco3)nn12.Nc1nc2c(cnn2[C@H](C(=O)CCCc2ccccc2)c2ccccc2)c2nc(-c3ccco3)nn12. The number of fused-ring (bicyclic) bond motifs is 6. The highest BCUT2D eigenvalue weighted by Gasteiger charge is 2.29. The van der Waals surface area contributed by atoms with Crippen molar-refractivity contribution in [3.05, 3.63) is 193 Å². The number of carbonyl (C=O) groups excluding carboxylic acids is 2. The second kappa shape index (κ2) is 19.8. The van der Waals surface area contributed by atoms with Gasteiger partial charge in [-0.3, -0.25) is 9.59 Å². The van der Waals surface area contributed by atoms with Gasteiger partial charge in [-0.1, -0.05) is 121 Å². The molecule has 18 heteroatoms. The number of carbonyl (C=O) groups is 2. The third kappa shape index (κ3) is 8.95. The molecule has 72 heavy (non-hydrogen) atoms. The predicted octanol–water partition coefficient (Wildman–Crippen LogP) is 9.00. The number of nitrogens with two attached hydrogens (primary N) is 2. The summed E-state index contributed by atoms with van der Waals surface area (Å²) in [6.45, 7) is 0. The van der Waals surface area contributed by atoms with E-state index in [1.807, 2.05) is 97.1 Å². The van der Waals surface area contributed by atoms with Gasteiger partial charge in [0.25, 0.3) is 0 Å². The summed E-state index contributed by atoms with van der Waals surface area (Å²) in [4.78, 5) is 45.6. The van der Waals surface area contributed by atoms with E-state index in [1.165, 1.54) is 20.2 Å². The maximum atomic E-state index is 13.6. The van der Waals surface area contributed by atoms with E-state index in [-0.39, 0.29) is 23.5 Å². The molecule has 0 unspecified atom stereocenters. The van der Waals surface area contributed by atoms with Crippen molar-refractivity contribution in [3.63, 3.8) is 0 Å². The number of hydrogen-bond acceptors (Lipinski definition) is 14. The molecule has 0 saturated carbocycles. The first kappa shape index (κ1) is 44.9. The van der Waals surface area contributed by atoms with Crippen LogP contribution in [0.1, 0.15) is 60.0 Å². The maximum Gasteiger partial charge on any atom is 0.225 e. The molecule has 4 N–H and O–H groups in total. The smallest absolute Gasteiger partial charge is 0.225 e. The Morgan fingerprint density at radius 3 is 1.24 bits per heavy atom. The Morgan fingerprint density at radius 2 is 0.861 bits per heavy atom. The van der Waals surface area contributed by atoms with Crippen molar-refractivity contribution in [1.29, 1.82) is 0 Å². The first-order chi connectivity index (χ1) is 35.4. The lowest BCUT2D eigenvalue weighted by Gasteiger charge is -2.18. The van der Waals surface area contributed by atoms with Crippen LogP contribution in [0.15, 0.2) is 179 Å². The molecule has 4 aromatic carbocycles. The number of benzene rings is 4. The zero-order valence-electron chi connectivity index (χ0n) is 38.7. The molecular formula is C54H46N14O4. The molecule has 8 aromatic heterocycles. The summed E-state index contributed by atoms with van der Waals surface area (Å²) in [6, 6.07) is 45.4. The van der Waals surface area contributed by atoms with Gasteiger partial charge in [-0.25, -0.2) is 19.3 Å². The van der Waals surface area contributed by atoms with Crippen molar-refractivity contribution in [2.45, 2.75) is 50.6 Å². The molecule has 0 fully saturated rings. The number of anilines is 2. The normalized spacial score (nSPS) is 12.3. The van der Waals surface area contributed by atoms with Gasteiger partial charge in [0.2, 0.25) is 23.5 Å². The summed E-state index contributed by atoms with van der Waals surface area (Å²) < 4.78 is 17.1. The lowest BCUT2D eigenvalue weighted by Crippen LogP contribution is -2.22. The molecule has 0 radical (unpaired) electrons. The van der Waals surface area contributed by atoms with Crippen molar-refractivity contribution < 1.29 is 18.4 Å². The van der Waals surface area contributed by atoms with Crippen molar-refractivity contribution in [3.8, 4) is 23.2 Å². The third-order valence-corrected chi connectivity index (χ3v) is 12.4. The molecule has 0 amide bonds. The van der Waals surface area contributed by atoms with E-state index < -0.39 is 12.1 Å². The van der Waals surface area contributed by atoms with Crippen LogP contribution in [0.4, 0.5) is 11.9 Å². The minimum atomic E-state index is -0.638. The number of hydrogen-bond donors (Lipinski definition) is 2. The molecule has 12 aromatic rings. The first-order valence-electron chi connectivity index (χ1n) is 23.5. The first-order valence-corrected chi connectivity index (χ1v) is 23.5. The molecule has 0 saturated heterocycles.